The molecule has 11 nitrogen and oxygen atoms in total. The first kappa shape index (κ1) is 36.7. The van der Waals surface area contributed by atoms with E-state index in [0.29, 0.717) is 13.0 Å². The summed E-state index contributed by atoms with van der Waals surface area (Å²) >= 11 is 0. The summed E-state index contributed by atoms with van der Waals surface area (Å²) < 4.78 is 49.3. The Morgan fingerprint density at radius 2 is 1.74 bits per heavy atom. The number of hydrogen-bond acceptors (Lipinski definition) is 10. The first-order chi connectivity index (χ1) is 19.7. The number of ether oxygens (including phenoxy) is 6. The van der Waals surface area contributed by atoms with Gasteiger partial charge >= 0.3 is 0 Å². The molecular weight excluding hydrogens is 590 g/mol. The van der Waals surface area contributed by atoms with Crippen molar-refractivity contribution in [1.29, 1.82) is 0 Å². The molecule has 3 aliphatic rings. The van der Waals surface area contributed by atoms with Gasteiger partial charge in [-0.1, -0.05) is 32.9 Å². The van der Waals surface area contributed by atoms with E-state index in [9.17, 15) is 9.90 Å². The third-order valence-corrected chi connectivity index (χ3v) is 10.8. The van der Waals surface area contributed by atoms with E-state index in [1.807, 2.05) is 13.8 Å². The Morgan fingerprint density at radius 1 is 1.09 bits per heavy atom. The summed E-state index contributed by atoms with van der Waals surface area (Å²) in [7, 11) is -0.630. The number of aliphatic hydroxyl groups is 1. The number of nitrogens with one attached hydrogen (secondary N) is 1. The molecule has 13 heteroatoms. The first-order valence-electron chi connectivity index (χ1n) is 15.4. The topological polar surface area (TPSA) is 123 Å². The zero-order chi connectivity index (χ0) is 32.5. The van der Waals surface area contributed by atoms with Crippen LogP contribution in [0.2, 0.25) is 39.3 Å². The van der Waals surface area contributed by atoms with Crippen molar-refractivity contribution in [2.75, 3.05) is 27.6 Å². The van der Waals surface area contributed by atoms with Gasteiger partial charge in [-0.25, -0.2) is 0 Å². The first-order valence-corrected chi connectivity index (χ1v) is 22.2. The molecule has 2 N–H and O–H groups in total. The van der Waals surface area contributed by atoms with Gasteiger partial charge in [0.2, 0.25) is 5.79 Å². The number of carbonyl (C=O) groups excluding carboxylic acids is 1. The molecule has 0 radical (unpaired) electrons. The van der Waals surface area contributed by atoms with Gasteiger partial charge in [0.25, 0.3) is 5.91 Å². The van der Waals surface area contributed by atoms with Crippen LogP contribution in [0.3, 0.4) is 0 Å². The number of amides is 1. The third-order valence-electron chi connectivity index (χ3n) is 8.77. The molecule has 3 rings (SSSR count). The highest BCUT2D eigenvalue weighted by molar-refractivity contribution is 6.70. The molecule has 3 saturated heterocycles. The predicted molar refractivity (Wildman–Crippen MR) is 167 cm³/mol. The Morgan fingerprint density at radius 3 is 2.28 bits per heavy atom. The Hall–Kier alpha value is -0.716. The normalized spacial score (nSPS) is 36.5. The van der Waals surface area contributed by atoms with E-state index in [4.69, 9.17) is 37.3 Å². The van der Waals surface area contributed by atoms with Crippen LogP contribution in [0.1, 0.15) is 40.5 Å². The summed E-state index contributed by atoms with van der Waals surface area (Å²) in [4.78, 5) is 13.5. The minimum absolute atomic E-state index is 0.0601. The fourth-order valence-corrected chi connectivity index (χ4v) is 8.02. The Bertz CT molecular complexity index is 970. The van der Waals surface area contributed by atoms with Crippen molar-refractivity contribution in [3.8, 4) is 0 Å². The van der Waals surface area contributed by atoms with Crippen LogP contribution >= 0.6 is 0 Å². The average Bonchev–Trinajstić information content (AvgIpc) is 2.89. The van der Waals surface area contributed by atoms with Gasteiger partial charge in [-0.2, -0.15) is 0 Å². The van der Waals surface area contributed by atoms with Crippen molar-refractivity contribution in [3.05, 3.63) is 12.2 Å². The fourth-order valence-electron chi connectivity index (χ4n) is 6.17. The lowest BCUT2D eigenvalue weighted by atomic mass is 9.72. The van der Waals surface area contributed by atoms with Crippen molar-refractivity contribution in [3.63, 3.8) is 0 Å². The lowest BCUT2D eigenvalue weighted by Crippen LogP contribution is -2.69. The standard InChI is InChI=1S/C30H57NO10Si2/c1-18-15-30(35-7,40-20(3)19(18)2)25(32)27(33)31-28-24-23(36-17-37-28)26(34-6)29(4,5)22(39-24)14-21(41-43(11,12)13)16-38-42(8,9)10/h19-26,28,32H,1,14-17H2,2-13H3,(H,31,33)/t19-,20-,21-,22-,23+,24+,25-,26-,28+,30-/m1/s1. The summed E-state index contributed by atoms with van der Waals surface area (Å²) in [5.41, 5.74) is 0.372. The summed E-state index contributed by atoms with van der Waals surface area (Å²) in [5, 5.41) is 14.1. The quantitative estimate of drug-likeness (QED) is 0.239. The summed E-state index contributed by atoms with van der Waals surface area (Å²) in [6, 6.07) is 0. The molecule has 3 aliphatic heterocycles. The number of aliphatic hydroxyl groups excluding tert-OH is 1. The zero-order valence-corrected chi connectivity index (χ0v) is 30.4. The summed E-state index contributed by atoms with van der Waals surface area (Å²) in [6.07, 6.45) is -4.23. The highest BCUT2D eigenvalue weighted by Crippen LogP contribution is 2.44. The minimum atomic E-state index is -1.91. The van der Waals surface area contributed by atoms with Gasteiger partial charge < -0.3 is 47.7 Å². The second kappa shape index (κ2) is 14.0. The molecule has 0 aromatic heterocycles. The maximum absolute atomic E-state index is 13.5. The van der Waals surface area contributed by atoms with E-state index in [-0.39, 0.29) is 43.5 Å². The molecular formula is C30H57NO10Si2. The number of hydrogen-bond donors (Lipinski definition) is 2. The Labute approximate surface area is 260 Å². The Kier molecular flexibility index (Phi) is 11.9. The predicted octanol–water partition coefficient (Wildman–Crippen LogP) is 3.78. The van der Waals surface area contributed by atoms with Crippen LogP contribution in [-0.4, -0.2) is 110 Å². The van der Waals surface area contributed by atoms with Crippen molar-refractivity contribution < 1.29 is 47.2 Å². The van der Waals surface area contributed by atoms with Gasteiger partial charge in [-0.15, -0.1) is 0 Å². The van der Waals surface area contributed by atoms with Crippen LogP contribution in [0.5, 0.6) is 0 Å². The average molecular weight is 648 g/mol. The largest absolute Gasteiger partial charge is 0.415 e. The van der Waals surface area contributed by atoms with Gasteiger partial charge in [0.1, 0.15) is 19.0 Å². The third kappa shape index (κ3) is 8.76. The smallest absolute Gasteiger partial charge is 0.256 e. The van der Waals surface area contributed by atoms with Crippen LogP contribution in [0.15, 0.2) is 12.2 Å². The number of methoxy groups -OCH3 is 2. The summed E-state index contributed by atoms with van der Waals surface area (Å²) in [6.45, 7) is 25.5. The van der Waals surface area contributed by atoms with Gasteiger partial charge in [-0.05, 0) is 46.2 Å². The van der Waals surface area contributed by atoms with E-state index in [1.165, 1.54) is 7.11 Å². The molecule has 3 fully saturated rings. The molecule has 0 aromatic rings. The second-order valence-electron chi connectivity index (χ2n) is 14.8. The van der Waals surface area contributed by atoms with Crippen LogP contribution in [0, 0.1) is 11.3 Å². The molecule has 1 amide bonds. The molecule has 10 atom stereocenters. The molecule has 43 heavy (non-hydrogen) atoms. The molecule has 250 valence electrons. The molecule has 0 spiro atoms. The molecule has 0 aromatic carbocycles. The van der Waals surface area contributed by atoms with E-state index in [1.54, 1.807) is 7.11 Å². The highest BCUT2D eigenvalue weighted by Gasteiger charge is 2.57. The lowest BCUT2D eigenvalue weighted by molar-refractivity contribution is -0.332. The van der Waals surface area contributed by atoms with Gasteiger partial charge in [0.05, 0.1) is 31.0 Å². The molecule has 3 heterocycles. The zero-order valence-electron chi connectivity index (χ0n) is 28.4. The van der Waals surface area contributed by atoms with Crippen molar-refractivity contribution >= 4 is 22.5 Å². The molecule has 0 bridgehead atoms. The number of carbonyl (C=O) groups is 1. The van der Waals surface area contributed by atoms with Crippen molar-refractivity contribution in [2.45, 2.75) is 135 Å². The fraction of sp³-hybridized carbons (Fsp3) is 0.900. The second-order valence-corrected chi connectivity index (χ2v) is 23.8. The Balaban J connectivity index is 1.83. The van der Waals surface area contributed by atoms with Gasteiger partial charge in [-0.3, -0.25) is 4.79 Å². The maximum atomic E-state index is 13.5. The number of fused-ring (bicyclic) bond motifs is 1. The molecule has 0 unspecified atom stereocenters. The summed E-state index contributed by atoms with van der Waals surface area (Å²) in [5.74, 6) is -2.21. The molecule has 0 aliphatic carbocycles. The maximum Gasteiger partial charge on any atom is 0.256 e. The van der Waals surface area contributed by atoms with Gasteiger partial charge in [0, 0.05) is 38.4 Å². The monoisotopic (exact) mass is 647 g/mol. The van der Waals surface area contributed by atoms with E-state index < -0.39 is 58.3 Å². The van der Waals surface area contributed by atoms with Crippen LogP contribution in [0.25, 0.3) is 0 Å². The van der Waals surface area contributed by atoms with Crippen molar-refractivity contribution in [2.24, 2.45) is 11.3 Å². The molecule has 0 saturated carbocycles. The van der Waals surface area contributed by atoms with E-state index in [0.717, 1.165) is 5.57 Å². The van der Waals surface area contributed by atoms with E-state index >= 15 is 0 Å². The van der Waals surface area contributed by atoms with E-state index in [2.05, 4.69) is 65.0 Å². The van der Waals surface area contributed by atoms with Crippen LogP contribution < -0.4 is 5.32 Å². The highest BCUT2D eigenvalue weighted by atomic mass is 28.4. The van der Waals surface area contributed by atoms with Gasteiger partial charge in [0.15, 0.2) is 29.0 Å². The lowest BCUT2D eigenvalue weighted by Gasteiger charge is -2.54. The van der Waals surface area contributed by atoms with Crippen molar-refractivity contribution in [1.82, 2.24) is 5.32 Å². The minimum Gasteiger partial charge on any atom is -0.415 e. The van der Waals surface area contributed by atoms with Crippen LogP contribution in [0.4, 0.5) is 0 Å². The number of rotatable bonds is 12. The SMILES string of the molecule is C=C1C[C@](OC)([C@H](O)C(=O)N[C@H]2OCO[C@H]3[C@@H]2O[C@H](C[C@H](CO[Si](C)(C)C)O[Si](C)(C)C)C(C)(C)[C@@H]3OC)O[C@H](C)[C@@H]1C. The van der Waals surface area contributed by atoms with Crippen LogP contribution in [-0.2, 0) is 42.1 Å².